The second-order valence-corrected chi connectivity index (χ2v) is 4.48. The molecule has 0 radical (unpaired) electrons. The Kier molecular flexibility index (Phi) is 4.17. The Morgan fingerprint density at radius 2 is 1.94 bits per heavy atom. The largest absolute Gasteiger partial charge is 0.381 e. The van der Waals surface area contributed by atoms with E-state index in [1.807, 2.05) is 11.9 Å². The summed E-state index contributed by atoms with van der Waals surface area (Å²) in [7, 11) is 1.85. The van der Waals surface area contributed by atoms with Crippen molar-refractivity contribution >= 4 is 11.6 Å². The van der Waals surface area contributed by atoms with Gasteiger partial charge in [-0.05, 0) is 37.1 Å². The highest BCUT2D eigenvalue weighted by Crippen LogP contribution is 2.16. The van der Waals surface area contributed by atoms with Gasteiger partial charge in [-0.25, -0.2) is 0 Å². The number of carbonyl (C=O) groups excluding carboxylic acids is 1. The van der Waals surface area contributed by atoms with Gasteiger partial charge in [0.25, 0.3) is 5.91 Å². The standard InChI is InChI=1S/C13H19N3O2/c1-16(12-6-8-18-9-7-12)13(17)10-2-4-11(15-14)5-3-10/h2-5,12,15H,6-9,14H2,1H3. The number of hydrogen-bond acceptors (Lipinski definition) is 4. The van der Waals surface area contributed by atoms with E-state index >= 15 is 0 Å². The number of amides is 1. The van der Waals surface area contributed by atoms with Crippen molar-refractivity contribution in [2.45, 2.75) is 18.9 Å². The second-order valence-electron chi connectivity index (χ2n) is 4.48. The number of nitrogens with two attached hydrogens (primary N) is 1. The molecule has 0 unspecified atom stereocenters. The number of hydrogen-bond donors (Lipinski definition) is 2. The maximum atomic E-state index is 12.3. The van der Waals surface area contributed by atoms with Crippen LogP contribution in [-0.2, 0) is 4.74 Å². The quantitative estimate of drug-likeness (QED) is 0.624. The molecule has 5 heteroatoms. The van der Waals surface area contributed by atoms with Crippen LogP contribution in [0.25, 0.3) is 0 Å². The lowest BCUT2D eigenvalue weighted by Gasteiger charge is -2.31. The van der Waals surface area contributed by atoms with Crippen molar-refractivity contribution < 1.29 is 9.53 Å². The van der Waals surface area contributed by atoms with Gasteiger partial charge in [0, 0.05) is 37.6 Å². The van der Waals surface area contributed by atoms with Crippen molar-refractivity contribution in [1.29, 1.82) is 0 Å². The van der Waals surface area contributed by atoms with Crippen LogP contribution in [0.4, 0.5) is 5.69 Å². The first kappa shape index (κ1) is 12.9. The molecular weight excluding hydrogens is 230 g/mol. The summed E-state index contributed by atoms with van der Waals surface area (Å²) in [6.07, 6.45) is 1.81. The zero-order valence-electron chi connectivity index (χ0n) is 10.6. The summed E-state index contributed by atoms with van der Waals surface area (Å²) in [5.41, 5.74) is 4.02. The number of hydrazine groups is 1. The molecule has 5 nitrogen and oxygen atoms in total. The van der Waals surface area contributed by atoms with Gasteiger partial charge in [-0.3, -0.25) is 10.6 Å². The molecule has 3 N–H and O–H groups in total. The summed E-state index contributed by atoms with van der Waals surface area (Å²) < 4.78 is 5.31. The molecule has 18 heavy (non-hydrogen) atoms. The van der Waals surface area contributed by atoms with E-state index in [0.717, 1.165) is 31.7 Å². The minimum Gasteiger partial charge on any atom is -0.381 e. The first-order valence-corrected chi connectivity index (χ1v) is 6.14. The highest BCUT2D eigenvalue weighted by molar-refractivity contribution is 5.94. The van der Waals surface area contributed by atoms with E-state index in [1.54, 1.807) is 24.3 Å². The van der Waals surface area contributed by atoms with Gasteiger partial charge in [0.15, 0.2) is 0 Å². The van der Waals surface area contributed by atoms with E-state index in [-0.39, 0.29) is 11.9 Å². The summed E-state index contributed by atoms with van der Waals surface area (Å²) in [5.74, 6) is 5.34. The smallest absolute Gasteiger partial charge is 0.253 e. The Hall–Kier alpha value is -1.59. The highest BCUT2D eigenvalue weighted by Gasteiger charge is 2.23. The highest BCUT2D eigenvalue weighted by atomic mass is 16.5. The van der Waals surface area contributed by atoms with Crippen molar-refractivity contribution in [2.75, 3.05) is 25.7 Å². The van der Waals surface area contributed by atoms with E-state index in [4.69, 9.17) is 10.6 Å². The monoisotopic (exact) mass is 249 g/mol. The van der Waals surface area contributed by atoms with Crippen LogP contribution in [-0.4, -0.2) is 37.1 Å². The molecule has 1 fully saturated rings. The van der Waals surface area contributed by atoms with Gasteiger partial charge in [-0.15, -0.1) is 0 Å². The summed E-state index contributed by atoms with van der Waals surface area (Å²) in [5, 5.41) is 0. The lowest BCUT2D eigenvalue weighted by Crippen LogP contribution is -2.40. The van der Waals surface area contributed by atoms with E-state index < -0.39 is 0 Å². The molecule has 1 aromatic rings. The van der Waals surface area contributed by atoms with Crippen molar-refractivity contribution in [3.8, 4) is 0 Å². The van der Waals surface area contributed by atoms with Crippen LogP contribution < -0.4 is 11.3 Å². The Bertz CT molecular complexity index is 399. The molecule has 1 aliphatic rings. The van der Waals surface area contributed by atoms with Crippen molar-refractivity contribution in [2.24, 2.45) is 5.84 Å². The summed E-state index contributed by atoms with van der Waals surface area (Å²) in [6.45, 7) is 1.47. The minimum atomic E-state index is 0.0467. The molecule has 0 atom stereocenters. The van der Waals surface area contributed by atoms with Crippen LogP contribution in [0, 0.1) is 0 Å². The third-order valence-electron chi connectivity index (χ3n) is 3.36. The van der Waals surface area contributed by atoms with Crippen LogP contribution in [0.1, 0.15) is 23.2 Å². The number of anilines is 1. The zero-order chi connectivity index (χ0) is 13.0. The van der Waals surface area contributed by atoms with Gasteiger partial charge in [0.05, 0.1) is 0 Å². The van der Waals surface area contributed by atoms with Crippen molar-refractivity contribution in [3.63, 3.8) is 0 Å². The van der Waals surface area contributed by atoms with E-state index in [0.29, 0.717) is 5.56 Å². The topological polar surface area (TPSA) is 67.6 Å². The number of rotatable bonds is 3. The minimum absolute atomic E-state index is 0.0467. The third kappa shape index (κ3) is 2.80. The lowest BCUT2D eigenvalue weighted by atomic mass is 10.1. The first-order valence-electron chi connectivity index (χ1n) is 6.14. The predicted octanol–water partition coefficient (Wildman–Crippen LogP) is 1.22. The molecule has 0 saturated carbocycles. The fourth-order valence-electron chi connectivity index (χ4n) is 2.15. The molecule has 1 heterocycles. The Morgan fingerprint density at radius 3 is 2.50 bits per heavy atom. The first-order chi connectivity index (χ1) is 8.72. The number of nitrogens with zero attached hydrogens (tertiary/aromatic N) is 1. The van der Waals surface area contributed by atoms with E-state index in [1.165, 1.54) is 0 Å². The van der Waals surface area contributed by atoms with Crippen LogP contribution >= 0.6 is 0 Å². The molecule has 0 bridgehead atoms. The molecule has 98 valence electrons. The lowest BCUT2D eigenvalue weighted by molar-refractivity contribution is 0.0362. The van der Waals surface area contributed by atoms with Crippen LogP contribution in [0.15, 0.2) is 24.3 Å². The maximum absolute atomic E-state index is 12.3. The molecule has 0 aliphatic carbocycles. The summed E-state index contributed by atoms with van der Waals surface area (Å²) >= 11 is 0. The van der Waals surface area contributed by atoms with Crippen molar-refractivity contribution in [1.82, 2.24) is 4.90 Å². The average Bonchev–Trinajstić information content (AvgIpc) is 2.47. The van der Waals surface area contributed by atoms with Crippen molar-refractivity contribution in [3.05, 3.63) is 29.8 Å². The van der Waals surface area contributed by atoms with Gasteiger partial charge in [-0.1, -0.05) is 0 Å². The normalized spacial score (nSPS) is 16.3. The van der Waals surface area contributed by atoms with Gasteiger partial charge in [0.1, 0.15) is 0 Å². The molecule has 1 saturated heterocycles. The fraction of sp³-hybridized carbons (Fsp3) is 0.462. The van der Waals surface area contributed by atoms with Gasteiger partial charge >= 0.3 is 0 Å². The Labute approximate surface area is 107 Å². The number of nitrogen functional groups attached to an aromatic ring is 1. The Morgan fingerprint density at radius 1 is 1.33 bits per heavy atom. The zero-order valence-corrected chi connectivity index (χ0v) is 10.6. The summed E-state index contributed by atoms with van der Waals surface area (Å²) in [4.78, 5) is 14.1. The van der Waals surface area contributed by atoms with Gasteiger partial charge < -0.3 is 15.1 Å². The fourth-order valence-corrected chi connectivity index (χ4v) is 2.15. The molecule has 0 spiro atoms. The second kappa shape index (κ2) is 5.84. The average molecular weight is 249 g/mol. The molecule has 1 amide bonds. The van der Waals surface area contributed by atoms with Crippen LogP contribution in [0.2, 0.25) is 0 Å². The molecule has 1 aromatic carbocycles. The summed E-state index contributed by atoms with van der Waals surface area (Å²) in [6, 6.07) is 7.44. The molecule has 0 aromatic heterocycles. The van der Waals surface area contributed by atoms with E-state index in [2.05, 4.69) is 5.43 Å². The van der Waals surface area contributed by atoms with Gasteiger partial charge in [-0.2, -0.15) is 0 Å². The number of benzene rings is 1. The number of carbonyl (C=O) groups is 1. The Balaban J connectivity index is 2.04. The maximum Gasteiger partial charge on any atom is 0.253 e. The number of ether oxygens (including phenoxy) is 1. The third-order valence-corrected chi connectivity index (χ3v) is 3.36. The molecule has 1 aliphatic heterocycles. The number of nitrogens with one attached hydrogen (secondary N) is 1. The van der Waals surface area contributed by atoms with Crippen LogP contribution in [0.5, 0.6) is 0 Å². The SMILES string of the molecule is CN(C(=O)c1ccc(NN)cc1)C1CCOCC1. The van der Waals surface area contributed by atoms with Gasteiger partial charge in [0.2, 0.25) is 0 Å². The predicted molar refractivity (Wildman–Crippen MR) is 70.2 cm³/mol. The van der Waals surface area contributed by atoms with E-state index in [9.17, 15) is 4.79 Å². The van der Waals surface area contributed by atoms with Crippen LogP contribution in [0.3, 0.4) is 0 Å². The molecule has 2 rings (SSSR count). The molecular formula is C13H19N3O2.